The van der Waals surface area contributed by atoms with Crippen molar-refractivity contribution in [1.29, 1.82) is 0 Å². The minimum absolute atomic E-state index is 1.11. The summed E-state index contributed by atoms with van der Waals surface area (Å²) in [5, 5.41) is 12.7. The molecule has 1 aromatic heterocycles. The number of anilines is 3. The van der Waals surface area contributed by atoms with Crippen LogP contribution in [0.1, 0.15) is 0 Å². The van der Waals surface area contributed by atoms with Crippen molar-refractivity contribution in [2.45, 2.75) is 0 Å². The van der Waals surface area contributed by atoms with Crippen molar-refractivity contribution in [3.8, 4) is 33.4 Å². The number of nitrogens with zero attached hydrogens (tertiary/aromatic N) is 1. The van der Waals surface area contributed by atoms with E-state index in [-0.39, 0.29) is 0 Å². The summed E-state index contributed by atoms with van der Waals surface area (Å²) < 4.78 is 2.67. The molecule has 0 amide bonds. The van der Waals surface area contributed by atoms with E-state index in [4.69, 9.17) is 0 Å². The summed E-state index contributed by atoms with van der Waals surface area (Å²) in [6.45, 7) is 0. The monoisotopic (exact) mass is 779 g/mol. The first-order valence-electron chi connectivity index (χ1n) is 20.6. The second-order valence-corrected chi connectivity index (χ2v) is 16.7. The lowest BCUT2D eigenvalue weighted by atomic mass is 9.89. The Morgan fingerprint density at radius 1 is 0.267 bits per heavy atom. The maximum atomic E-state index is 2.41. The molecule has 0 aliphatic rings. The molecule has 0 aliphatic heterocycles. The minimum atomic E-state index is 1.11. The number of hydrogen-bond donors (Lipinski definition) is 0. The quantitative estimate of drug-likeness (QED) is 0.152. The summed E-state index contributed by atoms with van der Waals surface area (Å²) in [4.78, 5) is 2.41. The molecule has 280 valence electrons. The van der Waals surface area contributed by atoms with Gasteiger partial charge in [-0.15, -0.1) is 11.3 Å². The lowest BCUT2D eigenvalue weighted by Gasteiger charge is -2.26. The van der Waals surface area contributed by atoms with Gasteiger partial charge in [0.1, 0.15) is 0 Å². The van der Waals surface area contributed by atoms with Crippen LogP contribution in [0.25, 0.3) is 96.6 Å². The van der Waals surface area contributed by atoms with Gasteiger partial charge < -0.3 is 4.90 Å². The van der Waals surface area contributed by atoms with Gasteiger partial charge in [0.25, 0.3) is 0 Å². The van der Waals surface area contributed by atoms with E-state index in [1.165, 1.54) is 96.6 Å². The molecule has 0 unspecified atom stereocenters. The number of thiophene rings is 1. The average molecular weight is 780 g/mol. The highest BCUT2D eigenvalue weighted by atomic mass is 32.1. The molecular weight excluding hydrogens is 743 g/mol. The zero-order chi connectivity index (χ0) is 39.6. The average Bonchev–Trinajstić information content (AvgIpc) is 3.71. The number of hydrogen-bond acceptors (Lipinski definition) is 2. The van der Waals surface area contributed by atoms with E-state index in [0.717, 1.165) is 17.1 Å². The Kier molecular flexibility index (Phi) is 8.11. The van der Waals surface area contributed by atoms with Crippen molar-refractivity contribution < 1.29 is 0 Å². The van der Waals surface area contributed by atoms with Crippen LogP contribution < -0.4 is 4.90 Å². The Morgan fingerprint density at radius 3 is 1.68 bits per heavy atom. The molecule has 0 N–H and O–H groups in total. The van der Waals surface area contributed by atoms with Gasteiger partial charge in [-0.05, 0) is 131 Å². The highest BCUT2D eigenvalue weighted by Gasteiger charge is 2.18. The topological polar surface area (TPSA) is 3.24 Å². The van der Waals surface area contributed by atoms with E-state index in [1.54, 1.807) is 0 Å². The molecule has 2 heteroatoms. The Labute approximate surface area is 352 Å². The smallest absolute Gasteiger partial charge is 0.0468 e. The van der Waals surface area contributed by atoms with Gasteiger partial charge in [-0.1, -0.05) is 170 Å². The van der Waals surface area contributed by atoms with Gasteiger partial charge >= 0.3 is 0 Å². The Morgan fingerprint density at radius 2 is 0.833 bits per heavy atom. The van der Waals surface area contributed by atoms with Crippen LogP contribution in [0.5, 0.6) is 0 Å². The number of rotatable bonds is 6. The highest BCUT2D eigenvalue weighted by molar-refractivity contribution is 7.26. The van der Waals surface area contributed by atoms with Gasteiger partial charge in [0.05, 0.1) is 0 Å². The summed E-state index contributed by atoms with van der Waals surface area (Å²) in [6.07, 6.45) is 0. The second kappa shape index (κ2) is 14.1. The molecule has 0 radical (unpaired) electrons. The van der Waals surface area contributed by atoms with E-state index < -0.39 is 0 Å². The molecule has 0 spiro atoms. The van der Waals surface area contributed by atoms with E-state index in [2.05, 4.69) is 229 Å². The molecule has 0 fully saturated rings. The zero-order valence-corrected chi connectivity index (χ0v) is 33.5. The predicted molar refractivity (Wildman–Crippen MR) is 260 cm³/mol. The molecule has 0 saturated carbocycles. The summed E-state index contributed by atoms with van der Waals surface area (Å²) in [6, 6.07) is 82.5. The molecule has 0 aliphatic carbocycles. The van der Waals surface area contributed by atoms with Crippen LogP contribution in [0.2, 0.25) is 0 Å². The highest BCUT2D eigenvalue weighted by Crippen LogP contribution is 2.44. The summed E-state index contributed by atoms with van der Waals surface area (Å²) in [7, 11) is 0. The Hall–Kier alpha value is -7.52. The summed E-state index contributed by atoms with van der Waals surface area (Å²) >= 11 is 1.89. The lowest BCUT2D eigenvalue weighted by Crippen LogP contribution is -2.10. The van der Waals surface area contributed by atoms with Gasteiger partial charge in [-0.2, -0.15) is 0 Å². The lowest BCUT2D eigenvalue weighted by molar-refractivity contribution is 1.29. The third kappa shape index (κ3) is 5.76. The van der Waals surface area contributed by atoms with Gasteiger partial charge in [0.2, 0.25) is 0 Å². The fraction of sp³-hybridized carbons (Fsp3) is 0. The van der Waals surface area contributed by atoms with Crippen LogP contribution in [0.4, 0.5) is 17.1 Å². The maximum absolute atomic E-state index is 2.41. The van der Waals surface area contributed by atoms with Crippen LogP contribution in [0.3, 0.4) is 0 Å². The fourth-order valence-corrected chi connectivity index (χ4v) is 10.5. The Balaban J connectivity index is 0.992. The van der Waals surface area contributed by atoms with Crippen molar-refractivity contribution >= 4 is 91.7 Å². The Bertz CT molecular complexity index is 3600. The van der Waals surface area contributed by atoms with Crippen LogP contribution >= 0.6 is 11.3 Å². The van der Waals surface area contributed by atoms with Gasteiger partial charge in [0.15, 0.2) is 0 Å². The molecule has 0 atom stereocenters. The number of fused-ring (bicyclic) bond motifs is 9. The van der Waals surface area contributed by atoms with Crippen molar-refractivity contribution in [3.05, 3.63) is 224 Å². The van der Waals surface area contributed by atoms with Crippen LogP contribution in [0, 0.1) is 0 Å². The molecule has 1 nitrogen and oxygen atoms in total. The van der Waals surface area contributed by atoms with E-state index in [9.17, 15) is 0 Å². The molecule has 0 saturated heterocycles. The van der Waals surface area contributed by atoms with Crippen molar-refractivity contribution in [2.75, 3.05) is 4.90 Å². The summed E-state index contributed by atoms with van der Waals surface area (Å²) in [5.41, 5.74) is 10.7. The zero-order valence-electron chi connectivity index (χ0n) is 32.7. The fourth-order valence-electron chi connectivity index (χ4n) is 9.30. The van der Waals surface area contributed by atoms with E-state index in [0.29, 0.717) is 0 Å². The van der Waals surface area contributed by atoms with Crippen LogP contribution in [-0.2, 0) is 0 Å². The standard InChI is InChI=1S/C58H37NS/c1-2-12-38(13-3-1)40-22-23-42-35-46(30-26-41(42)34-40)59(47-31-33-50-44(36-47)27-32-55-54-20-10-11-21-57(54)60-58(50)55)45-28-24-39(25-29-45)48-15-6-7-18-52(48)56-37-43-14-4-5-16-49(43)51-17-8-9-19-53(51)56/h1-37H. The first kappa shape index (κ1) is 34.5. The summed E-state index contributed by atoms with van der Waals surface area (Å²) in [5.74, 6) is 0. The first-order valence-corrected chi connectivity index (χ1v) is 21.4. The molecule has 12 rings (SSSR count). The third-order valence-corrected chi connectivity index (χ3v) is 13.4. The molecule has 11 aromatic carbocycles. The maximum Gasteiger partial charge on any atom is 0.0468 e. The van der Waals surface area contributed by atoms with Gasteiger partial charge in [-0.3, -0.25) is 0 Å². The molecule has 1 heterocycles. The van der Waals surface area contributed by atoms with E-state index in [1.807, 2.05) is 11.3 Å². The van der Waals surface area contributed by atoms with Crippen molar-refractivity contribution in [2.24, 2.45) is 0 Å². The largest absolute Gasteiger partial charge is 0.310 e. The molecular formula is C58H37NS. The first-order chi connectivity index (χ1) is 29.7. The number of benzene rings is 11. The SMILES string of the molecule is c1ccc(-c2ccc3cc(N(c4ccc(-c5ccccc5-c5cc6ccccc6c6ccccc56)cc4)c4ccc5c(ccc6c7ccccc7sc56)c4)ccc3c2)cc1. The van der Waals surface area contributed by atoms with Crippen molar-refractivity contribution in [3.63, 3.8) is 0 Å². The van der Waals surface area contributed by atoms with Crippen molar-refractivity contribution in [1.82, 2.24) is 0 Å². The molecule has 0 bridgehead atoms. The minimum Gasteiger partial charge on any atom is -0.310 e. The van der Waals surface area contributed by atoms with E-state index >= 15 is 0 Å². The second-order valence-electron chi connectivity index (χ2n) is 15.7. The third-order valence-electron chi connectivity index (χ3n) is 12.2. The normalized spacial score (nSPS) is 11.7. The van der Waals surface area contributed by atoms with Crippen LogP contribution in [0.15, 0.2) is 224 Å². The predicted octanol–water partition coefficient (Wildman–Crippen LogP) is 17.1. The molecule has 60 heavy (non-hydrogen) atoms. The van der Waals surface area contributed by atoms with Gasteiger partial charge in [-0.25, -0.2) is 0 Å². The van der Waals surface area contributed by atoms with Gasteiger partial charge in [0, 0.05) is 37.2 Å². The van der Waals surface area contributed by atoms with Crippen LogP contribution in [-0.4, -0.2) is 0 Å². The molecule has 12 aromatic rings.